The van der Waals surface area contributed by atoms with Crippen molar-refractivity contribution in [2.24, 2.45) is 11.8 Å². The zero-order chi connectivity index (χ0) is 18.5. The van der Waals surface area contributed by atoms with Crippen LogP contribution in [0.2, 0.25) is 0 Å². The fraction of sp³-hybridized carbons (Fsp3) is 0.600. The zero-order valence-corrected chi connectivity index (χ0v) is 15.7. The van der Waals surface area contributed by atoms with Crippen molar-refractivity contribution in [3.63, 3.8) is 0 Å². The van der Waals surface area contributed by atoms with Gasteiger partial charge in [0.25, 0.3) is 0 Å². The first kappa shape index (κ1) is 18.7. The fourth-order valence-corrected chi connectivity index (χ4v) is 4.01. The van der Waals surface area contributed by atoms with E-state index in [0.29, 0.717) is 18.2 Å². The van der Waals surface area contributed by atoms with Crippen molar-refractivity contribution in [2.45, 2.75) is 25.7 Å². The van der Waals surface area contributed by atoms with E-state index in [1.165, 1.54) is 6.42 Å². The zero-order valence-electron chi connectivity index (χ0n) is 15.7. The monoisotopic (exact) mass is 359 g/mol. The Hall–Kier alpha value is -2.08. The Kier molecular flexibility index (Phi) is 6.14. The smallest absolute Gasteiger partial charge is 0.228 e. The molecule has 0 spiro atoms. The Labute approximate surface area is 155 Å². The molecular formula is C20H29N3O3. The molecule has 2 heterocycles. The average molecular weight is 359 g/mol. The third-order valence-corrected chi connectivity index (χ3v) is 5.58. The lowest BCUT2D eigenvalue weighted by Gasteiger charge is -2.33. The first-order chi connectivity index (χ1) is 12.6. The molecule has 2 amide bonds. The largest absolute Gasteiger partial charge is 0.495 e. The van der Waals surface area contributed by atoms with Gasteiger partial charge in [-0.05, 0) is 50.9 Å². The molecule has 0 aromatic heterocycles. The van der Waals surface area contributed by atoms with Crippen LogP contribution in [0.15, 0.2) is 24.3 Å². The molecule has 0 aliphatic carbocycles. The van der Waals surface area contributed by atoms with Gasteiger partial charge in [-0.2, -0.15) is 0 Å². The summed E-state index contributed by atoms with van der Waals surface area (Å²) in [5.74, 6) is 1.24. The summed E-state index contributed by atoms with van der Waals surface area (Å²) in [4.78, 5) is 29.1. The summed E-state index contributed by atoms with van der Waals surface area (Å²) < 4.78 is 5.37. The topological polar surface area (TPSA) is 61.9 Å². The summed E-state index contributed by atoms with van der Waals surface area (Å²) in [6.45, 7) is 3.10. The lowest BCUT2D eigenvalue weighted by atomic mass is 9.92. The Morgan fingerprint density at radius 3 is 2.69 bits per heavy atom. The minimum Gasteiger partial charge on any atom is -0.495 e. The van der Waals surface area contributed by atoms with Gasteiger partial charge in [-0.3, -0.25) is 9.59 Å². The highest BCUT2D eigenvalue weighted by molar-refractivity contribution is 6.01. The number of likely N-dealkylation sites (tertiary alicyclic amines) is 1. The maximum absolute atomic E-state index is 12.9. The molecule has 2 fully saturated rings. The predicted molar refractivity (Wildman–Crippen MR) is 101 cm³/mol. The molecule has 1 unspecified atom stereocenters. The van der Waals surface area contributed by atoms with Crippen LogP contribution in [0.3, 0.4) is 0 Å². The van der Waals surface area contributed by atoms with Gasteiger partial charge in [-0.15, -0.1) is 0 Å². The van der Waals surface area contributed by atoms with E-state index < -0.39 is 0 Å². The molecule has 0 saturated carbocycles. The van der Waals surface area contributed by atoms with Crippen LogP contribution in [0.4, 0.5) is 5.69 Å². The first-order valence-electron chi connectivity index (χ1n) is 9.50. The second-order valence-corrected chi connectivity index (χ2v) is 7.24. The van der Waals surface area contributed by atoms with Gasteiger partial charge in [0.2, 0.25) is 11.8 Å². The number of hydrogen-bond acceptors (Lipinski definition) is 4. The molecule has 1 aromatic carbocycles. The highest BCUT2D eigenvalue weighted by atomic mass is 16.5. The second-order valence-electron chi connectivity index (χ2n) is 7.24. The number of nitrogens with one attached hydrogen (secondary N) is 1. The minimum absolute atomic E-state index is 0.00300. The molecule has 1 atom stereocenters. The van der Waals surface area contributed by atoms with E-state index in [1.54, 1.807) is 12.0 Å². The van der Waals surface area contributed by atoms with Gasteiger partial charge in [0.05, 0.1) is 18.7 Å². The lowest BCUT2D eigenvalue weighted by molar-refractivity contribution is -0.137. The number of nitrogens with zero attached hydrogens (tertiary/aromatic N) is 2. The first-order valence-corrected chi connectivity index (χ1v) is 9.50. The van der Waals surface area contributed by atoms with E-state index in [9.17, 15) is 9.59 Å². The van der Waals surface area contributed by atoms with Crippen molar-refractivity contribution in [1.82, 2.24) is 10.2 Å². The van der Waals surface area contributed by atoms with Gasteiger partial charge in [0, 0.05) is 26.1 Å². The molecule has 1 N–H and O–H groups in total. The molecule has 2 aliphatic heterocycles. The van der Waals surface area contributed by atoms with E-state index in [1.807, 2.05) is 36.2 Å². The van der Waals surface area contributed by atoms with Crippen LogP contribution in [0.1, 0.15) is 25.7 Å². The van der Waals surface area contributed by atoms with Gasteiger partial charge in [0.1, 0.15) is 5.75 Å². The summed E-state index contributed by atoms with van der Waals surface area (Å²) in [5, 5.41) is 3.19. The molecule has 3 rings (SSSR count). The molecule has 0 radical (unpaired) electrons. The highest BCUT2D eigenvalue weighted by Gasteiger charge is 2.38. The second kappa shape index (κ2) is 8.54. The number of carbonyl (C=O) groups excluding carboxylic acids is 2. The Bertz CT molecular complexity index is 641. The summed E-state index contributed by atoms with van der Waals surface area (Å²) in [7, 11) is 3.57. The van der Waals surface area contributed by atoms with Crippen molar-refractivity contribution in [3.8, 4) is 5.75 Å². The minimum atomic E-state index is -0.249. The standard InChI is InChI=1S/C20H29N3O3/c1-21-10-7-15-8-11-22(12-9-15)20(25)16-13-19(24)23(14-16)17-5-3-4-6-18(17)26-2/h3-6,15-16,21H,7-14H2,1-2H3. The third kappa shape index (κ3) is 4.01. The molecule has 26 heavy (non-hydrogen) atoms. The molecule has 142 valence electrons. The molecule has 6 nitrogen and oxygen atoms in total. The highest BCUT2D eigenvalue weighted by Crippen LogP contribution is 2.33. The molecule has 0 bridgehead atoms. The van der Waals surface area contributed by atoms with E-state index in [4.69, 9.17) is 4.74 Å². The van der Waals surface area contributed by atoms with E-state index in [0.717, 1.165) is 38.2 Å². The van der Waals surface area contributed by atoms with Crippen LogP contribution in [-0.2, 0) is 9.59 Å². The number of rotatable bonds is 6. The van der Waals surface area contributed by atoms with Crippen LogP contribution >= 0.6 is 0 Å². The number of hydrogen-bond donors (Lipinski definition) is 1. The number of piperidine rings is 1. The summed E-state index contributed by atoms with van der Waals surface area (Å²) in [6, 6.07) is 7.48. The quantitative estimate of drug-likeness (QED) is 0.843. The number of carbonyl (C=O) groups is 2. The maximum atomic E-state index is 12.9. The van der Waals surface area contributed by atoms with E-state index in [2.05, 4.69) is 5.32 Å². The normalized spacial score (nSPS) is 21.3. The van der Waals surface area contributed by atoms with Gasteiger partial charge in [-0.1, -0.05) is 12.1 Å². The number of ether oxygens (including phenoxy) is 1. The summed E-state index contributed by atoms with van der Waals surface area (Å²) in [5.41, 5.74) is 0.751. The van der Waals surface area contributed by atoms with Crippen molar-refractivity contribution in [3.05, 3.63) is 24.3 Å². The average Bonchev–Trinajstić information content (AvgIpc) is 3.07. The number of methoxy groups -OCH3 is 1. The van der Waals surface area contributed by atoms with E-state index in [-0.39, 0.29) is 24.2 Å². The van der Waals surface area contributed by atoms with Gasteiger partial charge < -0.3 is 19.9 Å². The number of amides is 2. The van der Waals surface area contributed by atoms with Crippen LogP contribution in [0.25, 0.3) is 0 Å². The molecular weight excluding hydrogens is 330 g/mol. The summed E-state index contributed by atoms with van der Waals surface area (Å²) in [6.07, 6.45) is 3.58. The van der Waals surface area contributed by atoms with Crippen LogP contribution in [0, 0.1) is 11.8 Å². The van der Waals surface area contributed by atoms with Crippen molar-refractivity contribution < 1.29 is 14.3 Å². The van der Waals surface area contributed by atoms with Gasteiger partial charge in [0.15, 0.2) is 0 Å². The fourth-order valence-electron chi connectivity index (χ4n) is 4.01. The van der Waals surface area contributed by atoms with Crippen LogP contribution in [0.5, 0.6) is 5.75 Å². The van der Waals surface area contributed by atoms with Crippen molar-refractivity contribution in [2.75, 3.05) is 45.2 Å². The lowest BCUT2D eigenvalue weighted by Crippen LogP contribution is -2.42. The Balaban J connectivity index is 1.59. The Morgan fingerprint density at radius 1 is 1.27 bits per heavy atom. The van der Waals surface area contributed by atoms with E-state index >= 15 is 0 Å². The van der Waals surface area contributed by atoms with Gasteiger partial charge >= 0.3 is 0 Å². The molecule has 6 heteroatoms. The maximum Gasteiger partial charge on any atom is 0.228 e. The van der Waals surface area contributed by atoms with Gasteiger partial charge in [-0.25, -0.2) is 0 Å². The third-order valence-electron chi connectivity index (χ3n) is 5.58. The van der Waals surface area contributed by atoms with Crippen molar-refractivity contribution in [1.29, 1.82) is 0 Å². The number of benzene rings is 1. The number of para-hydroxylation sites is 2. The number of anilines is 1. The molecule has 2 aliphatic rings. The Morgan fingerprint density at radius 2 is 2.00 bits per heavy atom. The molecule has 2 saturated heterocycles. The van der Waals surface area contributed by atoms with Crippen LogP contribution in [-0.4, -0.2) is 57.1 Å². The SMILES string of the molecule is CNCCC1CCN(C(=O)C2CC(=O)N(c3ccccc3OC)C2)CC1. The molecule has 1 aromatic rings. The van der Waals surface area contributed by atoms with Crippen LogP contribution < -0.4 is 15.0 Å². The summed E-state index contributed by atoms with van der Waals surface area (Å²) >= 11 is 0. The predicted octanol–water partition coefficient (Wildman–Crippen LogP) is 1.90. The van der Waals surface area contributed by atoms with Crippen molar-refractivity contribution >= 4 is 17.5 Å².